The summed E-state index contributed by atoms with van der Waals surface area (Å²) < 4.78 is 5.36. The number of benzene rings is 1. The second kappa shape index (κ2) is 5.53. The molecule has 0 saturated carbocycles. The van der Waals surface area contributed by atoms with Gasteiger partial charge in [0.25, 0.3) is 0 Å². The van der Waals surface area contributed by atoms with Crippen LogP contribution >= 0.6 is 0 Å². The molecule has 5 heteroatoms. The molecule has 1 unspecified atom stereocenters. The number of nitrogens with one attached hydrogen (secondary N) is 2. The van der Waals surface area contributed by atoms with Gasteiger partial charge in [-0.05, 0) is 25.0 Å². The summed E-state index contributed by atoms with van der Waals surface area (Å²) in [7, 11) is 1.63. The fourth-order valence-corrected chi connectivity index (χ4v) is 2.64. The van der Waals surface area contributed by atoms with Crippen LogP contribution in [0.25, 0.3) is 0 Å². The third-order valence-corrected chi connectivity index (χ3v) is 3.79. The summed E-state index contributed by atoms with van der Waals surface area (Å²) >= 11 is 0. The Bertz CT molecular complexity index is 530. The van der Waals surface area contributed by atoms with Crippen LogP contribution in [0, 0.1) is 5.41 Å². The molecule has 1 heterocycles. The Morgan fingerprint density at radius 2 is 2.10 bits per heavy atom. The maximum atomic E-state index is 12.0. The van der Waals surface area contributed by atoms with Crippen LogP contribution in [0.2, 0.25) is 0 Å². The summed E-state index contributed by atoms with van der Waals surface area (Å²) in [6.45, 7) is 4.59. The van der Waals surface area contributed by atoms with E-state index in [2.05, 4.69) is 5.32 Å². The number of nitrogens with zero attached hydrogens (tertiary/aromatic N) is 1. The van der Waals surface area contributed by atoms with Crippen molar-refractivity contribution in [3.05, 3.63) is 29.8 Å². The molecule has 0 spiro atoms. The van der Waals surface area contributed by atoms with E-state index in [4.69, 9.17) is 10.1 Å². The molecule has 1 aliphatic heterocycles. The Morgan fingerprint density at radius 3 is 2.75 bits per heavy atom. The zero-order valence-corrected chi connectivity index (χ0v) is 12.2. The Hall–Kier alpha value is -2.04. The van der Waals surface area contributed by atoms with E-state index in [9.17, 15) is 4.79 Å². The van der Waals surface area contributed by atoms with Gasteiger partial charge in [-0.3, -0.25) is 10.7 Å². The molecule has 2 rings (SSSR count). The van der Waals surface area contributed by atoms with Crippen LogP contribution in [-0.4, -0.2) is 36.0 Å². The molecule has 1 fully saturated rings. The number of para-hydroxylation sites is 1. The molecule has 108 valence electrons. The van der Waals surface area contributed by atoms with Crippen LogP contribution in [0.4, 0.5) is 4.79 Å². The van der Waals surface area contributed by atoms with E-state index in [1.807, 2.05) is 38.1 Å². The largest absolute Gasteiger partial charge is 0.496 e. The van der Waals surface area contributed by atoms with Gasteiger partial charge in [0, 0.05) is 13.0 Å². The first-order chi connectivity index (χ1) is 9.52. The number of carbonyl (C=O) groups is 1. The van der Waals surface area contributed by atoms with Gasteiger partial charge in [-0.15, -0.1) is 0 Å². The summed E-state index contributed by atoms with van der Waals surface area (Å²) in [5.74, 6) is 1.04. The van der Waals surface area contributed by atoms with Crippen LogP contribution in [0.15, 0.2) is 24.3 Å². The third kappa shape index (κ3) is 2.35. The van der Waals surface area contributed by atoms with E-state index in [0.717, 1.165) is 17.7 Å². The van der Waals surface area contributed by atoms with Crippen molar-refractivity contribution in [3.8, 4) is 5.75 Å². The highest BCUT2D eigenvalue weighted by molar-refractivity contribution is 6.08. The minimum atomic E-state index is -0.637. The molecule has 1 atom stereocenters. The van der Waals surface area contributed by atoms with Crippen molar-refractivity contribution in [2.45, 2.75) is 32.2 Å². The molecule has 2 amide bonds. The van der Waals surface area contributed by atoms with Crippen molar-refractivity contribution in [2.24, 2.45) is 0 Å². The first-order valence-corrected chi connectivity index (χ1v) is 6.82. The SMILES string of the molecule is CCCN1C(=O)NC(=N)C1(C)Cc1ccccc1OC. The van der Waals surface area contributed by atoms with E-state index in [1.165, 1.54) is 0 Å². The standard InChI is InChI=1S/C15H21N3O2/c1-4-9-18-14(19)17-13(16)15(18,2)10-11-7-5-6-8-12(11)20-3/h5-8H,4,9-10H2,1-3H3,(H2,16,17,19). The average molecular weight is 275 g/mol. The first kappa shape index (κ1) is 14.4. The number of hydrogen-bond donors (Lipinski definition) is 2. The van der Waals surface area contributed by atoms with Gasteiger partial charge in [-0.2, -0.15) is 0 Å². The second-order valence-corrected chi connectivity index (χ2v) is 5.22. The lowest BCUT2D eigenvalue weighted by Crippen LogP contribution is -2.49. The smallest absolute Gasteiger partial charge is 0.323 e. The molecule has 1 aromatic carbocycles. The summed E-state index contributed by atoms with van der Waals surface area (Å²) in [4.78, 5) is 13.7. The second-order valence-electron chi connectivity index (χ2n) is 5.22. The maximum Gasteiger partial charge on any atom is 0.323 e. The first-order valence-electron chi connectivity index (χ1n) is 6.82. The summed E-state index contributed by atoms with van der Waals surface area (Å²) in [6, 6.07) is 7.55. The quantitative estimate of drug-likeness (QED) is 0.866. The molecule has 0 radical (unpaired) electrons. The average Bonchev–Trinajstić information content (AvgIpc) is 2.63. The predicted molar refractivity (Wildman–Crippen MR) is 78.4 cm³/mol. The zero-order valence-electron chi connectivity index (χ0n) is 12.2. The van der Waals surface area contributed by atoms with Gasteiger partial charge in [-0.1, -0.05) is 25.1 Å². The topological polar surface area (TPSA) is 65.4 Å². The molecule has 1 aliphatic rings. The molecule has 1 saturated heterocycles. The van der Waals surface area contributed by atoms with E-state index in [0.29, 0.717) is 13.0 Å². The lowest BCUT2D eigenvalue weighted by molar-refractivity contribution is 0.179. The lowest BCUT2D eigenvalue weighted by atomic mass is 9.90. The number of urea groups is 1. The molecule has 1 aromatic rings. The van der Waals surface area contributed by atoms with Crippen molar-refractivity contribution < 1.29 is 9.53 Å². The van der Waals surface area contributed by atoms with Gasteiger partial charge < -0.3 is 9.64 Å². The number of amidine groups is 1. The number of hydrogen-bond acceptors (Lipinski definition) is 3. The van der Waals surface area contributed by atoms with Crippen LogP contribution < -0.4 is 10.1 Å². The highest BCUT2D eigenvalue weighted by atomic mass is 16.5. The minimum absolute atomic E-state index is 0.186. The molecule has 2 N–H and O–H groups in total. The summed E-state index contributed by atoms with van der Waals surface area (Å²) in [5, 5.41) is 10.7. The van der Waals surface area contributed by atoms with Crippen LogP contribution in [0.3, 0.4) is 0 Å². The van der Waals surface area contributed by atoms with Crippen LogP contribution in [0.1, 0.15) is 25.8 Å². The molecule has 20 heavy (non-hydrogen) atoms. The maximum absolute atomic E-state index is 12.0. The van der Waals surface area contributed by atoms with E-state index in [1.54, 1.807) is 12.0 Å². The van der Waals surface area contributed by atoms with E-state index < -0.39 is 5.54 Å². The molecular formula is C15H21N3O2. The van der Waals surface area contributed by atoms with Crippen molar-refractivity contribution in [1.82, 2.24) is 10.2 Å². The highest BCUT2D eigenvalue weighted by Gasteiger charge is 2.46. The van der Waals surface area contributed by atoms with Crippen LogP contribution in [0.5, 0.6) is 5.75 Å². The van der Waals surface area contributed by atoms with Gasteiger partial charge in [-0.25, -0.2) is 4.79 Å². The molecule has 5 nitrogen and oxygen atoms in total. The lowest BCUT2D eigenvalue weighted by Gasteiger charge is -2.33. The van der Waals surface area contributed by atoms with Crippen molar-refractivity contribution in [3.63, 3.8) is 0 Å². The molecule has 0 aromatic heterocycles. The molecule has 0 bridgehead atoms. The van der Waals surface area contributed by atoms with Crippen molar-refractivity contribution in [1.29, 1.82) is 5.41 Å². The van der Waals surface area contributed by atoms with Gasteiger partial charge in [0.15, 0.2) is 0 Å². The highest BCUT2D eigenvalue weighted by Crippen LogP contribution is 2.30. The Kier molecular flexibility index (Phi) is 3.97. The molecule has 0 aliphatic carbocycles. The van der Waals surface area contributed by atoms with E-state index >= 15 is 0 Å². The van der Waals surface area contributed by atoms with Crippen molar-refractivity contribution >= 4 is 11.9 Å². The van der Waals surface area contributed by atoms with Crippen LogP contribution in [-0.2, 0) is 6.42 Å². The van der Waals surface area contributed by atoms with Gasteiger partial charge in [0.1, 0.15) is 17.1 Å². The third-order valence-electron chi connectivity index (χ3n) is 3.79. The Balaban J connectivity index is 2.33. The number of carbonyl (C=O) groups excluding carboxylic acids is 1. The Morgan fingerprint density at radius 1 is 1.40 bits per heavy atom. The number of rotatable bonds is 5. The zero-order chi connectivity index (χ0) is 14.8. The Labute approximate surface area is 119 Å². The summed E-state index contributed by atoms with van der Waals surface area (Å²) in [6.07, 6.45) is 1.43. The number of amides is 2. The monoisotopic (exact) mass is 275 g/mol. The number of ether oxygens (including phenoxy) is 1. The fraction of sp³-hybridized carbons (Fsp3) is 0.467. The van der Waals surface area contributed by atoms with Gasteiger partial charge in [0.2, 0.25) is 0 Å². The summed E-state index contributed by atoms with van der Waals surface area (Å²) in [5.41, 5.74) is 0.363. The number of methoxy groups -OCH3 is 1. The molecular weight excluding hydrogens is 254 g/mol. The van der Waals surface area contributed by atoms with Gasteiger partial charge in [0.05, 0.1) is 7.11 Å². The fourth-order valence-electron chi connectivity index (χ4n) is 2.64. The van der Waals surface area contributed by atoms with Crippen molar-refractivity contribution in [2.75, 3.05) is 13.7 Å². The normalized spacial score (nSPS) is 22.1. The predicted octanol–water partition coefficient (Wildman–Crippen LogP) is 2.41. The minimum Gasteiger partial charge on any atom is -0.496 e. The van der Waals surface area contributed by atoms with Gasteiger partial charge >= 0.3 is 6.03 Å². The van der Waals surface area contributed by atoms with E-state index in [-0.39, 0.29) is 11.9 Å².